The fourth-order valence-corrected chi connectivity index (χ4v) is 1.56. The quantitative estimate of drug-likeness (QED) is 0.449. The van der Waals surface area contributed by atoms with Crippen molar-refractivity contribution in [3.8, 4) is 11.8 Å². The highest BCUT2D eigenvalue weighted by molar-refractivity contribution is 9.10. The smallest absolute Gasteiger partial charge is 0.201 e. The zero-order valence-electron chi connectivity index (χ0n) is 9.91. The molecule has 0 amide bonds. The zero-order valence-corrected chi connectivity index (χ0v) is 11.5. The van der Waals surface area contributed by atoms with Crippen LogP contribution >= 0.6 is 15.9 Å². The first-order valence-corrected chi connectivity index (χ1v) is 5.71. The Hall–Kier alpha value is -2.07. The van der Waals surface area contributed by atoms with Crippen molar-refractivity contribution in [1.29, 1.82) is 10.7 Å². The van der Waals surface area contributed by atoms with E-state index in [1.807, 2.05) is 13.0 Å². The molecule has 7 heteroatoms. The summed E-state index contributed by atoms with van der Waals surface area (Å²) in [6, 6.07) is 5.33. The highest BCUT2D eigenvalue weighted by Crippen LogP contribution is 2.33. The first-order chi connectivity index (χ1) is 8.51. The van der Waals surface area contributed by atoms with Crippen LogP contribution in [0.2, 0.25) is 0 Å². The number of hydrazone groups is 1. The van der Waals surface area contributed by atoms with Crippen LogP contribution in [0, 0.1) is 23.7 Å². The van der Waals surface area contributed by atoms with Gasteiger partial charge in [0.05, 0.1) is 7.11 Å². The predicted molar refractivity (Wildman–Crippen MR) is 74.0 cm³/mol. The molecule has 0 saturated carbocycles. The molecule has 0 radical (unpaired) electrons. The molecule has 1 rings (SSSR count). The van der Waals surface area contributed by atoms with Crippen LogP contribution in [-0.4, -0.2) is 18.7 Å². The average molecular weight is 310 g/mol. The molecule has 4 N–H and O–H groups in total. The fraction of sp³-hybridized carbons (Fsp3) is 0.182. The molecule has 1 aromatic rings. The largest absolute Gasteiger partial charge is 0.495 e. The lowest BCUT2D eigenvalue weighted by molar-refractivity contribution is 0.416. The Morgan fingerprint density at radius 1 is 1.61 bits per heavy atom. The SMILES string of the molecule is COc1ccc(Br)c(C)c1N/N=C(\C#N)C(=N)N. The molecule has 0 aromatic heterocycles. The number of nitriles is 1. The average Bonchev–Trinajstić information content (AvgIpc) is 2.34. The van der Waals surface area contributed by atoms with Crippen molar-refractivity contribution in [3.63, 3.8) is 0 Å². The number of anilines is 1. The number of nitrogens with one attached hydrogen (secondary N) is 2. The summed E-state index contributed by atoms with van der Waals surface area (Å²) in [6.45, 7) is 1.87. The highest BCUT2D eigenvalue weighted by atomic mass is 79.9. The van der Waals surface area contributed by atoms with Crippen molar-refractivity contribution in [2.45, 2.75) is 6.92 Å². The van der Waals surface area contributed by atoms with Crippen LogP contribution < -0.4 is 15.9 Å². The van der Waals surface area contributed by atoms with Crippen molar-refractivity contribution < 1.29 is 4.74 Å². The third-order valence-corrected chi connectivity index (χ3v) is 3.08. The molecule has 0 bridgehead atoms. The van der Waals surface area contributed by atoms with Crippen LogP contribution in [0.3, 0.4) is 0 Å². The monoisotopic (exact) mass is 309 g/mol. The molecule has 0 aliphatic heterocycles. The zero-order chi connectivity index (χ0) is 13.7. The summed E-state index contributed by atoms with van der Waals surface area (Å²) in [5, 5.41) is 19.7. The van der Waals surface area contributed by atoms with Gasteiger partial charge in [0, 0.05) is 4.47 Å². The maximum Gasteiger partial charge on any atom is 0.201 e. The lowest BCUT2D eigenvalue weighted by atomic mass is 10.2. The van der Waals surface area contributed by atoms with Gasteiger partial charge < -0.3 is 10.5 Å². The summed E-state index contributed by atoms with van der Waals surface area (Å²) in [5.74, 6) is 0.192. The Bertz CT molecular complexity index is 547. The molecular formula is C11H12BrN5O. The minimum Gasteiger partial charge on any atom is -0.495 e. The second kappa shape index (κ2) is 6.02. The van der Waals surface area contributed by atoms with Crippen LogP contribution in [-0.2, 0) is 0 Å². The minimum atomic E-state index is -0.392. The second-order valence-electron chi connectivity index (χ2n) is 3.35. The van der Waals surface area contributed by atoms with Crippen LogP contribution in [0.15, 0.2) is 21.7 Å². The molecule has 0 aliphatic rings. The van der Waals surface area contributed by atoms with Crippen molar-refractivity contribution in [3.05, 3.63) is 22.2 Å². The maximum atomic E-state index is 8.74. The van der Waals surface area contributed by atoms with Crippen molar-refractivity contribution in [1.82, 2.24) is 0 Å². The summed E-state index contributed by atoms with van der Waals surface area (Å²) in [6.07, 6.45) is 0. The summed E-state index contributed by atoms with van der Waals surface area (Å²) >= 11 is 3.39. The van der Waals surface area contributed by atoms with E-state index in [2.05, 4.69) is 26.5 Å². The van der Waals surface area contributed by atoms with Gasteiger partial charge in [-0.25, -0.2) is 0 Å². The Morgan fingerprint density at radius 2 is 2.28 bits per heavy atom. The molecule has 18 heavy (non-hydrogen) atoms. The topological polar surface area (TPSA) is 107 Å². The van der Waals surface area contributed by atoms with Gasteiger partial charge in [0.25, 0.3) is 0 Å². The molecule has 1 aromatic carbocycles. The van der Waals surface area contributed by atoms with Crippen molar-refractivity contribution >= 4 is 33.2 Å². The summed E-state index contributed by atoms with van der Waals surface area (Å²) < 4.78 is 6.06. The molecular weight excluding hydrogens is 298 g/mol. The number of nitrogens with two attached hydrogens (primary N) is 1. The number of amidine groups is 1. The van der Waals surface area contributed by atoms with Gasteiger partial charge in [-0.1, -0.05) is 15.9 Å². The molecule has 0 unspecified atom stereocenters. The number of benzene rings is 1. The number of halogens is 1. The third kappa shape index (κ3) is 2.99. The minimum absolute atomic E-state index is 0.184. The number of methoxy groups -OCH3 is 1. The van der Waals surface area contributed by atoms with E-state index in [-0.39, 0.29) is 5.71 Å². The first-order valence-electron chi connectivity index (χ1n) is 4.92. The van der Waals surface area contributed by atoms with E-state index in [0.29, 0.717) is 11.4 Å². The van der Waals surface area contributed by atoms with Gasteiger partial charge in [0.2, 0.25) is 5.71 Å². The van der Waals surface area contributed by atoms with Crippen molar-refractivity contribution in [2.24, 2.45) is 10.8 Å². The van der Waals surface area contributed by atoms with E-state index in [9.17, 15) is 0 Å². The molecule has 6 nitrogen and oxygen atoms in total. The van der Waals surface area contributed by atoms with Gasteiger partial charge in [0.15, 0.2) is 5.84 Å². The van der Waals surface area contributed by atoms with E-state index < -0.39 is 5.84 Å². The Kier molecular flexibility index (Phi) is 4.68. The maximum absolute atomic E-state index is 8.74. The molecule has 94 valence electrons. The van der Waals surface area contributed by atoms with Gasteiger partial charge in [-0.3, -0.25) is 10.8 Å². The van der Waals surface area contributed by atoms with E-state index in [1.165, 1.54) is 7.11 Å². The van der Waals surface area contributed by atoms with Gasteiger partial charge in [-0.2, -0.15) is 10.4 Å². The van der Waals surface area contributed by atoms with Gasteiger partial charge in [-0.15, -0.1) is 0 Å². The molecule has 0 atom stereocenters. The standard InChI is InChI=1S/C11H12BrN5O/c1-6-7(12)3-4-9(18-2)10(6)17-16-8(5-13)11(14)15/h3-4,17H,1-2H3,(H3,14,15)/b16-8+. The summed E-state index contributed by atoms with van der Waals surface area (Å²) in [7, 11) is 1.54. The van der Waals surface area contributed by atoms with Crippen LogP contribution in [0.25, 0.3) is 0 Å². The number of hydrogen-bond donors (Lipinski definition) is 3. The van der Waals surface area contributed by atoms with Crippen LogP contribution in [0.5, 0.6) is 5.75 Å². The van der Waals surface area contributed by atoms with Gasteiger partial charge in [-0.05, 0) is 24.6 Å². The highest BCUT2D eigenvalue weighted by Gasteiger charge is 2.09. The third-order valence-electron chi connectivity index (χ3n) is 2.22. The Labute approximate surface area is 113 Å². The molecule has 0 aliphatic carbocycles. The summed E-state index contributed by atoms with van der Waals surface area (Å²) in [5.41, 5.74) is 9.20. The van der Waals surface area contributed by atoms with E-state index >= 15 is 0 Å². The lowest BCUT2D eigenvalue weighted by Gasteiger charge is -2.12. The normalized spacial score (nSPS) is 10.7. The number of nitrogens with zero attached hydrogens (tertiary/aromatic N) is 2. The van der Waals surface area contributed by atoms with Crippen LogP contribution in [0.1, 0.15) is 5.56 Å². The fourth-order valence-electron chi connectivity index (χ4n) is 1.23. The van der Waals surface area contributed by atoms with E-state index in [0.717, 1.165) is 10.0 Å². The van der Waals surface area contributed by atoms with E-state index in [4.69, 9.17) is 21.1 Å². The molecule has 0 heterocycles. The van der Waals surface area contributed by atoms with Gasteiger partial charge >= 0.3 is 0 Å². The number of hydrogen-bond acceptors (Lipinski definition) is 5. The Morgan fingerprint density at radius 3 is 2.78 bits per heavy atom. The number of rotatable bonds is 4. The van der Waals surface area contributed by atoms with Crippen LogP contribution in [0.4, 0.5) is 5.69 Å². The lowest BCUT2D eigenvalue weighted by Crippen LogP contribution is -2.22. The van der Waals surface area contributed by atoms with Gasteiger partial charge in [0.1, 0.15) is 17.5 Å². The Balaban J connectivity index is 3.15. The summed E-state index contributed by atoms with van der Waals surface area (Å²) in [4.78, 5) is 0. The molecule has 0 saturated heterocycles. The number of ether oxygens (including phenoxy) is 1. The van der Waals surface area contributed by atoms with Crippen molar-refractivity contribution in [2.75, 3.05) is 12.5 Å². The molecule has 0 spiro atoms. The second-order valence-corrected chi connectivity index (χ2v) is 4.20. The first kappa shape index (κ1) is 14.0. The van der Waals surface area contributed by atoms with E-state index in [1.54, 1.807) is 12.1 Å². The predicted octanol–water partition coefficient (Wildman–Crippen LogP) is 1.99. The molecule has 0 fully saturated rings.